The number of fused-ring (bicyclic) bond motifs is 1. The summed E-state index contributed by atoms with van der Waals surface area (Å²) in [5, 5.41) is 9.83. The molecule has 2 fully saturated rings. The van der Waals surface area contributed by atoms with E-state index >= 15 is 0 Å². The first-order chi connectivity index (χ1) is 13.0. The summed E-state index contributed by atoms with van der Waals surface area (Å²) in [6, 6.07) is 16.5. The largest absolute Gasteiger partial charge is 0.394 e. The van der Waals surface area contributed by atoms with E-state index in [9.17, 15) is 14.7 Å². The van der Waals surface area contributed by atoms with E-state index in [0.29, 0.717) is 6.54 Å². The Kier molecular flexibility index (Phi) is 4.48. The highest BCUT2D eigenvalue weighted by atomic mass is 16.3. The molecule has 0 bridgehead atoms. The quantitative estimate of drug-likeness (QED) is 0.908. The van der Waals surface area contributed by atoms with E-state index in [-0.39, 0.29) is 43.0 Å². The van der Waals surface area contributed by atoms with Gasteiger partial charge in [-0.2, -0.15) is 0 Å². The van der Waals surface area contributed by atoms with Crippen molar-refractivity contribution in [2.75, 3.05) is 19.7 Å². The van der Waals surface area contributed by atoms with Gasteiger partial charge < -0.3 is 14.9 Å². The summed E-state index contributed by atoms with van der Waals surface area (Å²) in [5.74, 6) is -0.106. The molecule has 0 unspecified atom stereocenters. The highest BCUT2D eigenvalue weighted by Gasteiger charge is 2.54. The molecular formula is C22H24N2O3. The number of rotatable bonds is 3. The Morgan fingerprint density at radius 2 is 1.67 bits per heavy atom. The van der Waals surface area contributed by atoms with Crippen LogP contribution >= 0.6 is 0 Å². The number of piperazine rings is 1. The summed E-state index contributed by atoms with van der Waals surface area (Å²) in [4.78, 5) is 27.5. The topological polar surface area (TPSA) is 60.9 Å². The maximum Gasteiger partial charge on any atom is 0.242 e. The molecule has 27 heavy (non-hydrogen) atoms. The van der Waals surface area contributed by atoms with Crippen LogP contribution in [0.2, 0.25) is 0 Å². The highest BCUT2D eigenvalue weighted by molar-refractivity contribution is 5.87. The molecule has 140 valence electrons. The number of carbonyl (C=O) groups is 2. The number of nitrogens with zero attached hydrogens (tertiary/aromatic N) is 2. The third kappa shape index (κ3) is 3.02. The molecule has 0 aliphatic carbocycles. The van der Waals surface area contributed by atoms with E-state index in [4.69, 9.17) is 0 Å². The van der Waals surface area contributed by atoms with Crippen LogP contribution in [0.25, 0.3) is 11.1 Å². The molecule has 0 spiro atoms. The van der Waals surface area contributed by atoms with Crippen LogP contribution in [-0.4, -0.2) is 58.5 Å². The zero-order valence-corrected chi connectivity index (χ0v) is 15.6. The van der Waals surface area contributed by atoms with Gasteiger partial charge in [0.25, 0.3) is 0 Å². The lowest BCUT2D eigenvalue weighted by atomic mass is 9.73. The second kappa shape index (κ2) is 6.82. The molecule has 2 heterocycles. The maximum atomic E-state index is 12.4. The van der Waals surface area contributed by atoms with E-state index in [0.717, 1.165) is 16.7 Å². The third-order valence-corrected chi connectivity index (χ3v) is 5.88. The van der Waals surface area contributed by atoms with Gasteiger partial charge in [0.1, 0.15) is 0 Å². The van der Waals surface area contributed by atoms with Crippen molar-refractivity contribution in [1.82, 2.24) is 9.80 Å². The molecule has 3 atom stereocenters. The van der Waals surface area contributed by atoms with Gasteiger partial charge in [-0.3, -0.25) is 9.59 Å². The maximum absolute atomic E-state index is 12.4. The first-order valence-electron chi connectivity index (χ1n) is 9.34. The van der Waals surface area contributed by atoms with Gasteiger partial charge >= 0.3 is 0 Å². The number of aliphatic hydroxyl groups is 1. The average molecular weight is 364 g/mol. The lowest BCUT2D eigenvalue weighted by Crippen LogP contribution is -2.73. The van der Waals surface area contributed by atoms with Crippen molar-refractivity contribution in [3.05, 3.63) is 59.7 Å². The lowest BCUT2D eigenvalue weighted by molar-refractivity contribution is -0.166. The lowest BCUT2D eigenvalue weighted by Gasteiger charge is -2.58. The van der Waals surface area contributed by atoms with Crippen molar-refractivity contribution in [2.24, 2.45) is 0 Å². The Balaban J connectivity index is 1.59. The van der Waals surface area contributed by atoms with Crippen molar-refractivity contribution < 1.29 is 14.7 Å². The first-order valence-corrected chi connectivity index (χ1v) is 9.34. The summed E-state index contributed by atoms with van der Waals surface area (Å²) >= 11 is 0. The zero-order chi connectivity index (χ0) is 19.1. The zero-order valence-electron chi connectivity index (χ0n) is 15.6. The minimum Gasteiger partial charge on any atom is -0.394 e. The number of amides is 2. The fourth-order valence-corrected chi connectivity index (χ4v) is 4.38. The minimum atomic E-state index is -0.207. The van der Waals surface area contributed by atoms with Crippen molar-refractivity contribution in [3.8, 4) is 11.1 Å². The fraction of sp³-hybridized carbons (Fsp3) is 0.364. The van der Waals surface area contributed by atoms with Crippen molar-refractivity contribution >= 4 is 11.8 Å². The Labute approximate surface area is 159 Å². The molecule has 4 rings (SSSR count). The number of carbonyl (C=O) groups excluding carboxylic acids is 2. The number of aryl methyl sites for hydroxylation is 1. The minimum absolute atomic E-state index is 0.0492. The normalized spacial score (nSPS) is 24.4. The van der Waals surface area contributed by atoms with E-state index in [1.165, 1.54) is 12.5 Å². The van der Waals surface area contributed by atoms with Crippen LogP contribution in [0.15, 0.2) is 48.5 Å². The molecule has 2 amide bonds. The number of aliphatic hydroxyl groups excluding tert-OH is 1. The fourth-order valence-electron chi connectivity index (χ4n) is 4.38. The summed E-state index contributed by atoms with van der Waals surface area (Å²) in [5.41, 5.74) is 4.63. The number of hydrogen-bond donors (Lipinski definition) is 1. The summed E-state index contributed by atoms with van der Waals surface area (Å²) in [6.45, 7) is 4.15. The van der Waals surface area contributed by atoms with Crippen LogP contribution in [-0.2, 0) is 9.59 Å². The van der Waals surface area contributed by atoms with Crippen LogP contribution in [0.3, 0.4) is 0 Å². The van der Waals surface area contributed by atoms with Crippen LogP contribution in [0, 0.1) is 6.92 Å². The third-order valence-electron chi connectivity index (χ3n) is 5.88. The monoisotopic (exact) mass is 364 g/mol. The Morgan fingerprint density at radius 1 is 1.07 bits per heavy atom. The number of benzene rings is 2. The van der Waals surface area contributed by atoms with E-state index in [1.807, 2.05) is 0 Å². The van der Waals surface area contributed by atoms with Gasteiger partial charge in [0.15, 0.2) is 0 Å². The Morgan fingerprint density at radius 3 is 2.22 bits per heavy atom. The molecule has 0 radical (unpaired) electrons. The van der Waals surface area contributed by atoms with Gasteiger partial charge in [-0.1, -0.05) is 54.1 Å². The molecule has 2 aliphatic rings. The van der Waals surface area contributed by atoms with Gasteiger partial charge in [0.2, 0.25) is 11.8 Å². The molecule has 2 aliphatic heterocycles. The molecular weight excluding hydrogens is 340 g/mol. The van der Waals surface area contributed by atoms with Crippen LogP contribution in [0.4, 0.5) is 0 Å². The first kappa shape index (κ1) is 17.7. The van der Waals surface area contributed by atoms with Crippen LogP contribution in [0.1, 0.15) is 24.0 Å². The molecule has 2 aromatic carbocycles. The van der Waals surface area contributed by atoms with Gasteiger partial charge in [0.05, 0.1) is 25.2 Å². The Hall–Kier alpha value is -2.66. The predicted octanol–water partition coefficient (Wildman–Crippen LogP) is 2.18. The highest BCUT2D eigenvalue weighted by Crippen LogP contribution is 2.43. The van der Waals surface area contributed by atoms with Crippen LogP contribution < -0.4 is 0 Å². The van der Waals surface area contributed by atoms with E-state index in [2.05, 4.69) is 55.5 Å². The smallest absolute Gasteiger partial charge is 0.242 e. The summed E-state index contributed by atoms with van der Waals surface area (Å²) < 4.78 is 0. The van der Waals surface area contributed by atoms with Crippen molar-refractivity contribution in [3.63, 3.8) is 0 Å². The molecule has 5 nitrogen and oxygen atoms in total. The predicted molar refractivity (Wildman–Crippen MR) is 103 cm³/mol. The van der Waals surface area contributed by atoms with Gasteiger partial charge in [-0.15, -0.1) is 0 Å². The number of hydrogen-bond acceptors (Lipinski definition) is 3. The average Bonchev–Trinajstić information content (AvgIpc) is 2.64. The second-order valence-corrected chi connectivity index (χ2v) is 7.53. The van der Waals surface area contributed by atoms with E-state index in [1.54, 1.807) is 9.80 Å². The Bertz CT molecular complexity index is 860. The van der Waals surface area contributed by atoms with Crippen LogP contribution in [0.5, 0.6) is 0 Å². The van der Waals surface area contributed by atoms with Crippen molar-refractivity contribution in [1.29, 1.82) is 0 Å². The summed E-state index contributed by atoms with van der Waals surface area (Å²) in [7, 11) is 0. The molecule has 0 aromatic heterocycles. The molecule has 2 saturated heterocycles. The molecule has 1 N–H and O–H groups in total. The SMILES string of the molecule is CC(=O)N1CC(=O)N2[C@H](CO)[C@@H](c3ccc(-c4ccc(C)cc4)cc3)[C@H]2C1. The second-order valence-electron chi connectivity index (χ2n) is 7.53. The molecule has 0 saturated carbocycles. The molecule has 5 heteroatoms. The standard InChI is InChI=1S/C22H24N2O3/c1-14-3-5-16(6-4-14)17-7-9-18(10-8-17)22-19-11-23(15(2)26)12-21(27)24(19)20(22)13-25/h3-10,19-20,22,25H,11-13H2,1-2H3/t19-,20-,22+/m1/s1. The summed E-state index contributed by atoms with van der Waals surface area (Å²) in [6.07, 6.45) is 0. The van der Waals surface area contributed by atoms with Gasteiger partial charge in [-0.05, 0) is 23.6 Å². The van der Waals surface area contributed by atoms with Crippen molar-refractivity contribution in [2.45, 2.75) is 31.8 Å². The van der Waals surface area contributed by atoms with Gasteiger partial charge in [0, 0.05) is 19.4 Å². The van der Waals surface area contributed by atoms with E-state index < -0.39 is 0 Å². The molecule has 2 aromatic rings. The van der Waals surface area contributed by atoms with Gasteiger partial charge in [-0.25, -0.2) is 0 Å².